The summed E-state index contributed by atoms with van der Waals surface area (Å²) in [7, 11) is 0. The average molecular weight is 380 g/mol. The van der Waals surface area contributed by atoms with Gasteiger partial charge in [-0.3, -0.25) is 9.59 Å². The highest BCUT2D eigenvalue weighted by atomic mass is 16.1. The lowest BCUT2D eigenvalue weighted by Crippen LogP contribution is -2.21. The Hall–Kier alpha value is -4.06. The van der Waals surface area contributed by atoms with Crippen LogP contribution in [0.3, 0.4) is 0 Å². The number of aromatic nitrogens is 3. The van der Waals surface area contributed by atoms with Crippen LogP contribution < -0.4 is 5.73 Å². The number of rotatable bonds is 3. The molecule has 1 aliphatic rings. The van der Waals surface area contributed by atoms with Gasteiger partial charge in [0, 0.05) is 33.5 Å². The first-order chi connectivity index (χ1) is 14.1. The van der Waals surface area contributed by atoms with Crippen LogP contribution in [-0.4, -0.2) is 26.6 Å². The molecule has 4 aromatic rings. The van der Waals surface area contributed by atoms with Crippen LogP contribution in [-0.2, 0) is 6.54 Å². The van der Waals surface area contributed by atoms with Gasteiger partial charge in [-0.2, -0.15) is 0 Å². The number of carbonyl (C=O) groups excluding carboxylic acids is 2. The molecule has 0 saturated heterocycles. The molecule has 2 N–H and O–H groups in total. The van der Waals surface area contributed by atoms with Gasteiger partial charge in [0.1, 0.15) is 5.69 Å². The topological polar surface area (TPSA) is 90.9 Å². The van der Waals surface area contributed by atoms with Crippen LogP contribution in [0.5, 0.6) is 0 Å². The highest BCUT2D eigenvalue weighted by molar-refractivity contribution is 6.28. The largest absolute Gasteiger partial charge is 0.399 e. The molecule has 0 spiro atoms. The Morgan fingerprint density at radius 1 is 0.793 bits per heavy atom. The quantitative estimate of drug-likeness (QED) is 0.485. The van der Waals surface area contributed by atoms with Gasteiger partial charge in [0.15, 0.2) is 11.6 Å². The van der Waals surface area contributed by atoms with E-state index >= 15 is 0 Å². The molecule has 6 nitrogen and oxygen atoms in total. The van der Waals surface area contributed by atoms with Crippen LogP contribution in [0.25, 0.3) is 11.3 Å². The lowest BCUT2D eigenvalue weighted by molar-refractivity contribution is 0.0979. The Kier molecular flexibility index (Phi) is 3.84. The maximum absolute atomic E-state index is 12.9. The van der Waals surface area contributed by atoms with Crippen molar-refractivity contribution in [1.29, 1.82) is 0 Å². The summed E-state index contributed by atoms with van der Waals surface area (Å²) < 4.78 is 1.70. The van der Waals surface area contributed by atoms with Crippen molar-refractivity contribution in [1.82, 2.24) is 15.0 Å². The molecule has 1 aliphatic carbocycles. The number of hydrogen-bond donors (Lipinski definition) is 1. The number of nitrogen functional groups attached to an aromatic ring is 1. The Morgan fingerprint density at radius 3 is 2.17 bits per heavy atom. The molecular weight excluding hydrogens is 364 g/mol. The summed E-state index contributed by atoms with van der Waals surface area (Å²) in [5.74, 6) is -0.244. The third-order valence-electron chi connectivity index (χ3n) is 5.08. The molecule has 0 fully saturated rings. The average Bonchev–Trinajstić information content (AvgIpc) is 3.21. The molecule has 0 bridgehead atoms. The van der Waals surface area contributed by atoms with Crippen LogP contribution in [0, 0.1) is 0 Å². The second-order valence-corrected chi connectivity index (χ2v) is 7.01. The SMILES string of the molecule is Nc1ccc(-c2cn(Cc3ccc4c(c3)C(=O)c3ccccc3C4=O)nn2)cc1. The smallest absolute Gasteiger partial charge is 0.194 e. The molecule has 0 unspecified atom stereocenters. The number of fused-ring (bicyclic) bond motifs is 2. The molecular formula is C23H16N4O2. The van der Waals surface area contributed by atoms with Crippen LogP contribution in [0.2, 0.25) is 0 Å². The molecule has 1 aromatic heterocycles. The second-order valence-electron chi connectivity index (χ2n) is 7.01. The van der Waals surface area contributed by atoms with E-state index in [-0.39, 0.29) is 11.6 Å². The maximum atomic E-state index is 12.9. The third-order valence-corrected chi connectivity index (χ3v) is 5.08. The number of carbonyl (C=O) groups is 2. The van der Waals surface area contributed by atoms with Gasteiger partial charge < -0.3 is 5.73 Å². The highest BCUT2D eigenvalue weighted by Gasteiger charge is 2.29. The first kappa shape index (κ1) is 17.1. The van der Waals surface area contributed by atoms with Gasteiger partial charge in [-0.1, -0.05) is 47.7 Å². The van der Waals surface area contributed by atoms with Gasteiger partial charge in [-0.25, -0.2) is 4.68 Å². The third kappa shape index (κ3) is 2.91. The molecule has 1 heterocycles. The van der Waals surface area contributed by atoms with E-state index in [0.717, 1.165) is 16.8 Å². The monoisotopic (exact) mass is 380 g/mol. The molecule has 6 heteroatoms. The summed E-state index contributed by atoms with van der Waals surface area (Å²) in [6.07, 6.45) is 1.84. The van der Waals surface area contributed by atoms with Gasteiger partial charge in [0.25, 0.3) is 0 Å². The maximum Gasteiger partial charge on any atom is 0.194 e. The Labute approximate surface area is 166 Å². The van der Waals surface area contributed by atoms with Crippen LogP contribution in [0.1, 0.15) is 37.4 Å². The van der Waals surface area contributed by atoms with E-state index < -0.39 is 0 Å². The van der Waals surface area contributed by atoms with Crippen molar-refractivity contribution in [3.63, 3.8) is 0 Å². The second kappa shape index (κ2) is 6.53. The van der Waals surface area contributed by atoms with Crippen molar-refractivity contribution in [3.05, 3.63) is 101 Å². The molecule has 0 radical (unpaired) electrons. The van der Waals surface area contributed by atoms with Gasteiger partial charge in [0.05, 0.1) is 12.7 Å². The van der Waals surface area contributed by atoms with E-state index in [1.807, 2.05) is 36.5 Å². The molecule has 0 saturated carbocycles. The van der Waals surface area contributed by atoms with Crippen molar-refractivity contribution in [3.8, 4) is 11.3 Å². The lowest BCUT2D eigenvalue weighted by Gasteiger charge is -2.18. The zero-order valence-corrected chi connectivity index (χ0v) is 15.4. The minimum absolute atomic E-state index is 0.117. The fourth-order valence-electron chi connectivity index (χ4n) is 3.59. The van der Waals surface area contributed by atoms with Crippen molar-refractivity contribution in [2.45, 2.75) is 6.54 Å². The number of benzene rings is 3. The van der Waals surface area contributed by atoms with E-state index in [2.05, 4.69) is 10.3 Å². The van der Waals surface area contributed by atoms with Crippen molar-refractivity contribution < 1.29 is 9.59 Å². The number of ketones is 2. The standard InChI is InChI=1S/C23H16N4O2/c24-16-8-6-15(7-9-16)21-13-27(26-25-21)12-14-5-10-19-20(11-14)23(29)18-4-2-1-3-17(18)22(19)28/h1-11,13H,12,24H2. The van der Waals surface area contributed by atoms with Crippen LogP contribution >= 0.6 is 0 Å². The van der Waals surface area contributed by atoms with Gasteiger partial charge in [-0.05, 0) is 29.8 Å². The van der Waals surface area contributed by atoms with E-state index in [0.29, 0.717) is 34.5 Å². The van der Waals surface area contributed by atoms with Gasteiger partial charge in [-0.15, -0.1) is 5.10 Å². The van der Waals surface area contributed by atoms with Gasteiger partial charge >= 0.3 is 0 Å². The highest BCUT2D eigenvalue weighted by Crippen LogP contribution is 2.28. The van der Waals surface area contributed by atoms with Gasteiger partial charge in [0.2, 0.25) is 0 Å². The molecule has 5 rings (SSSR count). The first-order valence-corrected chi connectivity index (χ1v) is 9.17. The Balaban J connectivity index is 1.45. The molecule has 140 valence electrons. The Bertz CT molecular complexity index is 1270. The fraction of sp³-hybridized carbons (Fsp3) is 0.0435. The normalized spacial score (nSPS) is 12.6. The molecule has 0 amide bonds. The Morgan fingerprint density at radius 2 is 1.45 bits per heavy atom. The van der Waals surface area contributed by atoms with Crippen molar-refractivity contribution >= 4 is 17.3 Å². The molecule has 0 atom stereocenters. The number of nitrogens with two attached hydrogens (primary N) is 1. The predicted octanol–water partition coefficient (Wildman–Crippen LogP) is 3.35. The molecule has 0 aliphatic heterocycles. The van der Waals surface area contributed by atoms with E-state index in [1.54, 1.807) is 41.1 Å². The van der Waals surface area contributed by atoms with Crippen molar-refractivity contribution in [2.75, 3.05) is 5.73 Å². The lowest BCUT2D eigenvalue weighted by atomic mass is 9.83. The summed E-state index contributed by atoms with van der Waals surface area (Å²) in [6.45, 7) is 0.443. The van der Waals surface area contributed by atoms with Crippen molar-refractivity contribution in [2.24, 2.45) is 0 Å². The van der Waals surface area contributed by atoms with E-state index in [9.17, 15) is 9.59 Å². The summed E-state index contributed by atoms with van der Waals surface area (Å²) in [5.41, 5.74) is 10.7. The minimum atomic E-state index is -0.127. The van der Waals surface area contributed by atoms with E-state index in [1.165, 1.54) is 0 Å². The zero-order chi connectivity index (χ0) is 20.0. The van der Waals surface area contributed by atoms with Crippen LogP contribution in [0.4, 0.5) is 5.69 Å². The summed E-state index contributed by atoms with van der Waals surface area (Å²) in [4.78, 5) is 25.6. The summed E-state index contributed by atoms with van der Waals surface area (Å²) >= 11 is 0. The summed E-state index contributed by atoms with van der Waals surface area (Å²) in [5, 5.41) is 8.38. The first-order valence-electron chi connectivity index (χ1n) is 9.17. The minimum Gasteiger partial charge on any atom is -0.399 e. The zero-order valence-electron chi connectivity index (χ0n) is 15.4. The fourth-order valence-corrected chi connectivity index (χ4v) is 3.59. The number of anilines is 1. The van der Waals surface area contributed by atoms with E-state index in [4.69, 9.17) is 5.73 Å². The number of nitrogens with zero attached hydrogens (tertiary/aromatic N) is 3. The molecule has 29 heavy (non-hydrogen) atoms. The van der Waals surface area contributed by atoms with Crippen LogP contribution in [0.15, 0.2) is 72.9 Å². The number of hydrogen-bond acceptors (Lipinski definition) is 5. The summed E-state index contributed by atoms with van der Waals surface area (Å²) in [6, 6.07) is 19.7. The predicted molar refractivity (Wildman–Crippen MR) is 109 cm³/mol. The molecule has 3 aromatic carbocycles.